The molecule has 0 bridgehead atoms. The summed E-state index contributed by atoms with van der Waals surface area (Å²) in [5.41, 5.74) is 0.115. The van der Waals surface area contributed by atoms with Crippen molar-refractivity contribution in [1.82, 2.24) is 4.98 Å². The van der Waals surface area contributed by atoms with Crippen molar-refractivity contribution in [3.05, 3.63) is 40.0 Å². The summed E-state index contributed by atoms with van der Waals surface area (Å²) in [5.74, 6) is -1.27. The number of carbonyl (C=O) groups is 1. The average molecular weight is 323 g/mol. The minimum atomic E-state index is -4.59. The van der Waals surface area contributed by atoms with Gasteiger partial charge in [0.1, 0.15) is 5.00 Å². The lowest BCUT2D eigenvalue weighted by Gasteiger charge is -2.11. The van der Waals surface area contributed by atoms with Crippen LogP contribution in [0.5, 0.6) is 0 Å². The smallest absolute Gasteiger partial charge is 0.417 e. The molecule has 0 atom stereocenters. The lowest BCUT2D eigenvalue weighted by Crippen LogP contribution is -2.07. The highest BCUT2D eigenvalue weighted by molar-refractivity contribution is 7.14. The number of nitrogens with zero attached hydrogens (tertiary/aromatic N) is 1. The third kappa shape index (κ3) is 3.02. The number of alkyl halides is 3. The fourth-order valence-electron chi connectivity index (χ4n) is 1.44. The molecule has 106 valence electrons. The minimum Gasteiger partial charge on any atom is -0.476 e. The van der Waals surface area contributed by atoms with Gasteiger partial charge < -0.3 is 10.4 Å². The van der Waals surface area contributed by atoms with Crippen LogP contribution >= 0.6 is 22.9 Å². The van der Waals surface area contributed by atoms with Gasteiger partial charge in [-0.15, -0.1) is 11.3 Å². The fraction of sp³-hybridized carbons (Fsp3) is 0.0909. The number of halogens is 4. The zero-order valence-electron chi connectivity index (χ0n) is 9.53. The van der Waals surface area contributed by atoms with Gasteiger partial charge in [-0.05, 0) is 18.2 Å². The van der Waals surface area contributed by atoms with Crippen LogP contribution in [-0.4, -0.2) is 16.1 Å². The van der Waals surface area contributed by atoms with Gasteiger partial charge in [0, 0.05) is 5.69 Å². The third-order valence-corrected chi connectivity index (χ3v) is 3.37. The van der Waals surface area contributed by atoms with E-state index in [0.717, 1.165) is 23.5 Å². The van der Waals surface area contributed by atoms with E-state index >= 15 is 0 Å². The molecule has 1 heterocycles. The first-order chi connectivity index (χ1) is 9.29. The number of carboxylic acids is 1. The number of nitrogens with one attached hydrogen (secondary N) is 1. The number of hydrogen-bond donors (Lipinski definition) is 2. The molecular formula is C11H6ClF3N2O2S. The number of aromatic carboxylic acids is 1. The molecule has 2 aromatic rings. The Labute approximate surface area is 119 Å². The second kappa shape index (κ2) is 5.29. The van der Waals surface area contributed by atoms with Crippen molar-refractivity contribution in [3.63, 3.8) is 0 Å². The summed E-state index contributed by atoms with van der Waals surface area (Å²) in [4.78, 5) is 14.5. The van der Waals surface area contributed by atoms with E-state index in [4.69, 9.17) is 16.7 Å². The first-order valence-electron chi connectivity index (χ1n) is 5.09. The van der Waals surface area contributed by atoms with Crippen LogP contribution in [0.25, 0.3) is 0 Å². The summed E-state index contributed by atoms with van der Waals surface area (Å²) in [6.45, 7) is 0. The number of anilines is 2. The van der Waals surface area contributed by atoms with Gasteiger partial charge in [0.25, 0.3) is 0 Å². The summed E-state index contributed by atoms with van der Waals surface area (Å²) in [7, 11) is 0. The van der Waals surface area contributed by atoms with E-state index in [1.54, 1.807) is 0 Å². The minimum absolute atomic E-state index is 0.0773. The van der Waals surface area contributed by atoms with E-state index in [1.165, 1.54) is 11.6 Å². The zero-order valence-corrected chi connectivity index (χ0v) is 11.1. The van der Waals surface area contributed by atoms with Gasteiger partial charge in [0.15, 0.2) is 5.69 Å². The van der Waals surface area contributed by atoms with Crippen molar-refractivity contribution in [2.75, 3.05) is 5.32 Å². The standard InChI is InChI=1S/C11H6ClF3N2O2S/c12-7-2-1-5(3-6(7)11(13,14)15)17-9-8(10(18)19)16-4-20-9/h1-4,17H,(H,18,19). The second-order valence-corrected chi connectivity index (χ2v) is 4.91. The number of rotatable bonds is 3. The fourth-order valence-corrected chi connectivity index (χ4v) is 2.36. The maximum atomic E-state index is 12.7. The first kappa shape index (κ1) is 14.6. The molecule has 4 nitrogen and oxygen atoms in total. The first-order valence-corrected chi connectivity index (χ1v) is 6.35. The summed E-state index contributed by atoms with van der Waals surface area (Å²) < 4.78 is 38.1. The monoisotopic (exact) mass is 322 g/mol. The Morgan fingerprint density at radius 1 is 1.40 bits per heavy atom. The molecule has 0 aliphatic carbocycles. The van der Waals surface area contributed by atoms with Crippen molar-refractivity contribution in [2.45, 2.75) is 6.18 Å². The number of carboxylic acid groups (broad SMARTS) is 1. The predicted octanol–water partition coefficient (Wildman–Crippen LogP) is 4.26. The summed E-state index contributed by atoms with van der Waals surface area (Å²) >= 11 is 6.47. The lowest BCUT2D eigenvalue weighted by atomic mass is 10.2. The van der Waals surface area contributed by atoms with Crippen molar-refractivity contribution in [2.24, 2.45) is 0 Å². The van der Waals surface area contributed by atoms with Crippen LogP contribution in [0.3, 0.4) is 0 Å². The molecule has 0 saturated heterocycles. The Balaban J connectivity index is 2.35. The van der Waals surface area contributed by atoms with Crippen LogP contribution in [0.4, 0.5) is 23.9 Å². The molecule has 0 spiro atoms. The largest absolute Gasteiger partial charge is 0.476 e. The summed E-state index contributed by atoms with van der Waals surface area (Å²) in [5, 5.41) is 11.2. The molecule has 20 heavy (non-hydrogen) atoms. The van der Waals surface area contributed by atoms with Gasteiger partial charge in [-0.1, -0.05) is 11.6 Å². The van der Waals surface area contributed by atoms with Gasteiger partial charge in [0.2, 0.25) is 0 Å². The second-order valence-electron chi connectivity index (χ2n) is 3.65. The summed E-state index contributed by atoms with van der Waals surface area (Å²) in [6, 6.07) is 3.23. The third-order valence-electron chi connectivity index (χ3n) is 2.30. The highest BCUT2D eigenvalue weighted by Crippen LogP contribution is 2.37. The number of hydrogen-bond acceptors (Lipinski definition) is 4. The SMILES string of the molecule is O=C(O)c1ncsc1Nc1ccc(Cl)c(C(F)(F)F)c1. The van der Waals surface area contributed by atoms with Crippen LogP contribution in [0.1, 0.15) is 16.1 Å². The molecule has 0 unspecified atom stereocenters. The molecule has 2 N–H and O–H groups in total. The predicted molar refractivity (Wildman–Crippen MR) is 68.8 cm³/mol. The van der Waals surface area contributed by atoms with Crippen molar-refractivity contribution >= 4 is 39.6 Å². The number of benzene rings is 1. The number of aromatic nitrogens is 1. The molecule has 0 saturated carbocycles. The quantitative estimate of drug-likeness (QED) is 0.886. The Kier molecular flexibility index (Phi) is 3.87. The molecule has 0 amide bonds. The Morgan fingerprint density at radius 3 is 2.70 bits per heavy atom. The van der Waals surface area contributed by atoms with Crippen LogP contribution in [0, 0.1) is 0 Å². The molecule has 0 fully saturated rings. The van der Waals surface area contributed by atoms with Crippen LogP contribution in [0.15, 0.2) is 23.7 Å². The highest BCUT2D eigenvalue weighted by Gasteiger charge is 2.33. The van der Waals surface area contributed by atoms with Crippen LogP contribution in [-0.2, 0) is 6.18 Å². The molecule has 1 aromatic carbocycles. The van der Waals surface area contributed by atoms with E-state index in [9.17, 15) is 18.0 Å². The average Bonchev–Trinajstić information content (AvgIpc) is 2.78. The van der Waals surface area contributed by atoms with E-state index in [2.05, 4.69) is 10.3 Å². The topological polar surface area (TPSA) is 62.2 Å². The summed E-state index contributed by atoms with van der Waals surface area (Å²) in [6.07, 6.45) is -4.59. The Bertz CT molecular complexity index is 657. The molecule has 2 rings (SSSR count). The maximum absolute atomic E-state index is 12.7. The Hall–Kier alpha value is -1.80. The maximum Gasteiger partial charge on any atom is 0.417 e. The van der Waals surface area contributed by atoms with Gasteiger partial charge in [-0.2, -0.15) is 13.2 Å². The molecular weight excluding hydrogens is 317 g/mol. The molecule has 9 heteroatoms. The van der Waals surface area contributed by atoms with Crippen molar-refractivity contribution in [3.8, 4) is 0 Å². The molecule has 0 aliphatic rings. The Morgan fingerprint density at radius 2 is 2.10 bits per heavy atom. The number of thiazole rings is 1. The van der Waals surface area contributed by atoms with Gasteiger partial charge in [-0.3, -0.25) is 0 Å². The van der Waals surface area contributed by atoms with E-state index < -0.39 is 22.7 Å². The zero-order chi connectivity index (χ0) is 14.9. The van der Waals surface area contributed by atoms with Crippen molar-refractivity contribution < 1.29 is 23.1 Å². The molecule has 0 radical (unpaired) electrons. The van der Waals surface area contributed by atoms with Crippen molar-refractivity contribution in [1.29, 1.82) is 0 Å². The van der Waals surface area contributed by atoms with Crippen LogP contribution < -0.4 is 5.32 Å². The van der Waals surface area contributed by atoms with Gasteiger partial charge in [-0.25, -0.2) is 9.78 Å². The van der Waals surface area contributed by atoms with E-state index in [0.29, 0.717) is 0 Å². The molecule has 0 aliphatic heterocycles. The normalized spacial score (nSPS) is 11.4. The van der Waals surface area contributed by atoms with Crippen LogP contribution in [0.2, 0.25) is 5.02 Å². The van der Waals surface area contributed by atoms with E-state index in [1.807, 2.05) is 0 Å². The van der Waals surface area contributed by atoms with E-state index in [-0.39, 0.29) is 16.4 Å². The lowest BCUT2D eigenvalue weighted by molar-refractivity contribution is -0.137. The van der Waals surface area contributed by atoms with Gasteiger partial charge in [0.05, 0.1) is 16.1 Å². The van der Waals surface area contributed by atoms with Gasteiger partial charge >= 0.3 is 12.1 Å². The molecule has 1 aromatic heterocycles. The highest BCUT2D eigenvalue weighted by atomic mass is 35.5.